The molecule has 0 aromatic heterocycles. The van der Waals surface area contributed by atoms with Gasteiger partial charge in [-0.2, -0.15) is 5.26 Å². The van der Waals surface area contributed by atoms with Gasteiger partial charge in [-0.1, -0.05) is 20.3 Å². The zero-order valence-corrected chi connectivity index (χ0v) is 8.79. The summed E-state index contributed by atoms with van der Waals surface area (Å²) in [6.07, 6.45) is 4.78. The summed E-state index contributed by atoms with van der Waals surface area (Å²) in [6, 6.07) is 3.00. The van der Waals surface area contributed by atoms with Crippen molar-refractivity contribution in [3.8, 4) is 6.07 Å². The van der Waals surface area contributed by atoms with Crippen LogP contribution in [0.2, 0.25) is 0 Å². The lowest BCUT2D eigenvalue weighted by atomic mass is 10.0. The fourth-order valence-electron chi connectivity index (χ4n) is 2.37. The minimum atomic E-state index is 0.298. The predicted octanol–water partition coefficient (Wildman–Crippen LogP) is 2.41. The van der Waals surface area contributed by atoms with E-state index in [9.17, 15) is 0 Å². The van der Waals surface area contributed by atoms with Crippen molar-refractivity contribution >= 4 is 0 Å². The van der Waals surface area contributed by atoms with Crippen LogP contribution in [-0.2, 0) is 0 Å². The molecule has 2 heteroatoms. The minimum absolute atomic E-state index is 0.298. The zero-order valence-electron chi connectivity index (χ0n) is 8.79. The Morgan fingerprint density at radius 1 is 1.38 bits per heavy atom. The van der Waals surface area contributed by atoms with Crippen molar-refractivity contribution in [1.82, 2.24) is 4.90 Å². The SMILES string of the molecule is CCCN(CC)C1CCCC1C#N. The van der Waals surface area contributed by atoms with E-state index < -0.39 is 0 Å². The van der Waals surface area contributed by atoms with E-state index in [1.165, 1.54) is 19.3 Å². The monoisotopic (exact) mass is 180 g/mol. The first-order chi connectivity index (χ1) is 6.33. The van der Waals surface area contributed by atoms with Crippen LogP contribution < -0.4 is 0 Å². The van der Waals surface area contributed by atoms with Crippen molar-refractivity contribution in [1.29, 1.82) is 5.26 Å². The summed E-state index contributed by atoms with van der Waals surface area (Å²) in [5.74, 6) is 0.298. The summed E-state index contributed by atoms with van der Waals surface area (Å²) in [5.41, 5.74) is 0. The van der Waals surface area contributed by atoms with Gasteiger partial charge in [-0.25, -0.2) is 0 Å². The van der Waals surface area contributed by atoms with E-state index in [2.05, 4.69) is 24.8 Å². The molecule has 1 aliphatic rings. The van der Waals surface area contributed by atoms with Gasteiger partial charge in [0.1, 0.15) is 0 Å². The second kappa shape index (κ2) is 5.24. The molecule has 0 saturated heterocycles. The van der Waals surface area contributed by atoms with Gasteiger partial charge in [0.2, 0.25) is 0 Å². The Morgan fingerprint density at radius 2 is 2.15 bits per heavy atom. The standard InChI is InChI=1S/C11H20N2/c1-3-8-13(4-2)11-7-5-6-10(11)9-12/h10-11H,3-8H2,1-2H3. The first-order valence-corrected chi connectivity index (χ1v) is 5.47. The largest absolute Gasteiger partial charge is 0.299 e. The fraction of sp³-hybridized carbons (Fsp3) is 0.909. The molecule has 0 aromatic carbocycles. The summed E-state index contributed by atoms with van der Waals surface area (Å²) >= 11 is 0. The molecule has 1 saturated carbocycles. The van der Waals surface area contributed by atoms with Gasteiger partial charge in [0.05, 0.1) is 12.0 Å². The molecule has 0 spiro atoms. The van der Waals surface area contributed by atoms with Crippen LogP contribution in [0.3, 0.4) is 0 Å². The number of hydrogen-bond donors (Lipinski definition) is 0. The smallest absolute Gasteiger partial charge is 0.0672 e. The maximum Gasteiger partial charge on any atom is 0.0672 e. The molecule has 0 radical (unpaired) electrons. The summed E-state index contributed by atoms with van der Waals surface area (Å²) < 4.78 is 0. The molecule has 0 heterocycles. The number of nitriles is 1. The normalized spacial score (nSPS) is 27.8. The van der Waals surface area contributed by atoms with Crippen molar-refractivity contribution < 1.29 is 0 Å². The molecule has 0 amide bonds. The quantitative estimate of drug-likeness (QED) is 0.664. The van der Waals surface area contributed by atoms with Gasteiger partial charge < -0.3 is 0 Å². The Kier molecular flexibility index (Phi) is 4.24. The lowest BCUT2D eigenvalue weighted by molar-refractivity contribution is 0.187. The van der Waals surface area contributed by atoms with Crippen LogP contribution in [0.15, 0.2) is 0 Å². The first-order valence-electron chi connectivity index (χ1n) is 5.47. The van der Waals surface area contributed by atoms with Crippen LogP contribution in [0.1, 0.15) is 39.5 Å². The van der Waals surface area contributed by atoms with Crippen molar-refractivity contribution in [2.45, 2.75) is 45.6 Å². The third-order valence-corrected chi connectivity index (χ3v) is 3.03. The lowest BCUT2D eigenvalue weighted by Gasteiger charge is -2.28. The molecule has 0 N–H and O–H groups in total. The molecule has 0 aromatic rings. The molecule has 0 aliphatic heterocycles. The lowest BCUT2D eigenvalue weighted by Crippen LogP contribution is -2.37. The summed E-state index contributed by atoms with van der Waals surface area (Å²) in [4.78, 5) is 2.47. The van der Waals surface area contributed by atoms with E-state index >= 15 is 0 Å². The molecule has 1 aliphatic carbocycles. The van der Waals surface area contributed by atoms with Crippen molar-refractivity contribution in [3.63, 3.8) is 0 Å². The molecule has 1 fully saturated rings. The van der Waals surface area contributed by atoms with Crippen LogP contribution in [-0.4, -0.2) is 24.0 Å². The van der Waals surface area contributed by atoms with Crippen molar-refractivity contribution in [3.05, 3.63) is 0 Å². The Morgan fingerprint density at radius 3 is 2.69 bits per heavy atom. The predicted molar refractivity (Wildman–Crippen MR) is 54.3 cm³/mol. The molecular weight excluding hydrogens is 160 g/mol. The van der Waals surface area contributed by atoms with E-state index in [0.717, 1.165) is 19.5 Å². The van der Waals surface area contributed by atoms with E-state index in [0.29, 0.717) is 12.0 Å². The Balaban J connectivity index is 2.52. The van der Waals surface area contributed by atoms with E-state index in [1.807, 2.05) is 0 Å². The summed E-state index contributed by atoms with van der Waals surface area (Å²) in [7, 11) is 0. The number of rotatable bonds is 4. The zero-order chi connectivity index (χ0) is 9.68. The molecule has 2 nitrogen and oxygen atoms in total. The average Bonchev–Trinajstić information content (AvgIpc) is 2.61. The summed E-state index contributed by atoms with van der Waals surface area (Å²) in [6.45, 7) is 6.65. The van der Waals surface area contributed by atoms with Crippen LogP contribution in [0.4, 0.5) is 0 Å². The van der Waals surface area contributed by atoms with Gasteiger partial charge in [-0.15, -0.1) is 0 Å². The van der Waals surface area contributed by atoms with Crippen LogP contribution >= 0.6 is 0 Å². The highest BCUT2D eigenvalue weighted by Crippen LogP contribution is 2.29. The van der Waals surface area contributed by atoms with E-state index in [4.69, 9.17) is 5.26 Å². The molecule has 13 heavy (non-hydrogen) atoms. The fourth-order valence-corrected chi connectivity index (χ4v) is 2.37. The highest BCUT2D eigenvalue weighted by molar-refractivity contribution is 4.97. The van der Waals surface area contributed by atoms with Gasteiger partial charge in [0.25, 0.3) is 0 Å². The maximum absolute atomic E-state index is 8.97. The van der Waals surface area contributed by atoms with Gasteiger partial charge in [0.15, 0.2) is 0 Å². The highest BCUT2D eigenvalue weighted by Gasteiger charge is 2.30. The first kappa shape index (κ1) is 10.5. The number of hydrogen-bond acceptors (Lipinski definition) is 2. The maximum atomic E-state index is 8.97. The third-order valence-electron chi connectivity index (χ3n) is 3.03. The highest BCUT2D eigenvalue weighted by atomic mass is 15.2. The molecule has 2 atom stereocenters. The van der Waals surface area contributed by atoms with Gasteiger partial charge in [-0.3, -0.25) is 4.90 Å². The van der Waals surface area contributed by atoms with Crippen LogP contribution in [0.25, 0.3) is 0 Å². The van der Waals surface area contributed by atoms with Crippen molar-refractivity contribution in [2.75, 3.05) is 13.1 Å². The van der Waals surface area contributed by atoms with E-state index in [-0.39, 0.29) is 0 Å². The molecule has 1 rings (SSSR count). The van der Waals surface area contributed by atoms with Gasteiger partial charge in [-0.05, 0) is 32.4 Å². The Hall–Kier alpha value is -0.550. The average molecular weight is 180 g/mol. The molecule has 2 unspecified atom stereocenters. The molecule has 74 valence electrons. The Labute approximate surface area is 81.5 Å². The second-order valence-corrected chi connectivity index (χ2v) is 3.86. The van der Waals surface area contributed by atoms with Gasteiger partial charge >= 0.3 is 0 Å². The Bertz CT molecular complexity index is 183. The molecular formula is C11H20N2. The second-order valence-electron chi connectivity index (χ2n) is 3.86. The van der Waals surface area contributed by atoms with Gasteiger partial charge in [0, 0.05) is 6.04 Å². The summed E-state index contributed by atoms with van der Waals surface area (Å²) in [5, 5.41) is 8.97. The third kappa shape index (κ3) is 2.45. The van der Waals surface area contributed by atoms with E-state index in [1.54, 1.807) is 0 Å². The number of nitrogens with zero attached hydrogens (tertiary/aromatic N) is 2. The minimum Gasteiger partial charge on any atom is -0.299 e. The van der Waals surface area contributed by atoms with Crippen LogP contribution in [0, 0.1) is 17.2 Å². The molecule has 0 bridgehead atoms. The van der Waals surface area contributed by atoms with Crippen molar-refractivity contribution in [2.24, 2.45) is 5.92 Å². The topological polar surface area (TPSA) is 27.0 Å². The van der Waals surface area contributed by atoms with Crippen LogP contribution in [0.5, 0.6) is 0 Å².